The zero-order valence-electron chi connectivity index (χ0n) is 11.1. The molecular weight excluding hydrogens is 292 g/mol. The molecule has 0 unspecified atom stereocenters. The topological polar surface area (TPSA) is 28.4 Å². The molecule has 0 bridgehead atoms. The van der Waals surface area contributed by atoms with E-state index in [0.717, 1.165) is 36.6 Å². The molecule has 1 aliphatic heterocycles. The predicted octanol–water partition coefficient (Wildman–Crippen LogP) is 3.57. The second kappa shape index (κ2) is 7.31. The number of halogens is 1. The zero-order valence-corrected chi connectivity index (χ0v) is 12.7. The summed E-state index contributed by atoms with van der Waals surface area (Å²) in [7, 11) is 0. The van der Waals surface area contributed by atoms with E-state index in [1.54, 1.807) is 0 Å². The Bertz CT molecular complexity index is 347. The summed E-state index contributed by atoms with van der Waals surface area (Å²) < 4.78 is 6.63. The smallest absolute Gasteiger partial charge is 0.169 e. The zero-order chi connectivity index (χ0) is 12.8. The summed E-state index contributed by atoms with van der Waals surface area (Å²) in [5.74, 6) is 1.11. The van der Waals surface area contributed by atoms with Crippen LogP contribution < -0.4 is 5.32 Å². The largest absolute Gasteiger partial charge is 0.453 e. The summed E-state index contributed by atoms with van der Waals surface area (Å²) >= 11 is 3.41. The lowest BCUT2D eigenvalue weighted by Gasteiger charge is -2.33. The van der Waals surface area contributed by atoms with Gasteiger partial charge in [0.25, 0.3) is 0 Å². The molecule has 102 valence electrons. The van der Waals surface area contributed by atoms with Crippen molar-refractivity contribution < 1.29 is 4.42 Å². The van der Waals surface area contributed by atoms with E-state index in [0.29, 0.717) is 6.04 Å². The van der Waals surface area contributed by atoms with Crippen LogP contribution in [-0.4, -0.2) is 31.1 Å². The molecule has 2 rings (SSSR count). The number of nitrogens with zero attached hydrogens (tertiary/aromatic N) is 1. The van der Waals surface area contributed by atoms with Crippen LogP contribution in [0.4, 0.5) is 0 Å². The highest BCUT2D eigenvalue weighted by atomic mass is 79.9. The molecule has 0 aromatic carbocycles. The van der Waals surface area contributed by atoms with Gasteiger partial charge in [0.1, 0.15) is 5.76 Å². The van der Waals surface area contributed by atoms with Crippen LogP contribution >= 0.6 is 15.9 Å². The van der Waals surface area contributed by atoms with Crippen LogP contribution in [0.25, 0.3) is 0 Å². The molecule has 1 atom stereocenters. The first-order chi connectivity index (χ1) is 8.81. The average Bonchev–Trinajstić information content (AvgIpc) is 2.82. The fourth-order valence-corrected chi connectivity index (χ4v) is 2.91. The van der Waals surface area contributed by atoms with Gasteiger partial charge in [-0.25, -0.2) is 0 Å². The molecule has 1 saturated heterocycles. The summed E-state index contributed by atoms with van der Waals surface area (Å²) in [5, 5.41) is 3.41. The lowest BCUT2D eigenvalue weighted by atomic mass is 10.0. The van der Waals surface area contributed by atoms with Crippen molar-refractivity contribution in [3.8, 4) is 0 Å². The number of nitrogens with one attached hydrogen (secondary N) is 1. The summed E-state index contributed by atoms with van der Waals surface area (Å²) in [4.78, 5) is 2.55. The molecule has 1 fully saturated rings. The average molecular weight is 315 g/mol. The lowest BCUT2D eigenvalue weighted by molar-refractivity contribution is 0.143. The number of rotatable bonds is 6. The number of furan rings is 1. The first kappa shape index (κ1) is 14.1. The Labute approximate surface area is 118 Å². The molecule has 1 aromatic rings. The molecule has 0 saturated carbocycles. The van der Waals surface area contributed by atoms with Crippen molar-refractivity contribution in [2.24, 2.45) is 0 Å². The van der Waals surface area contributed by atoms with Gasteiger partial charge < -0.3 is 9.73 Å². The van der Waals surface area contributed by atoms with Crippen LogP contribution in [0, 0.1) is 0 Å². The Morgan fingerprint density at radius 3 is 2.72 bits per heavy atom. The van der Waals surface area contributed by atoms with Crippen LogP contribution in [0.3, 0.4) is 0 Å². The molecule has 0 amide bonds. The van der Waals surface area contributed by atoms with E-state index >= 15 is 0 Å². The summed E-state index contributed by atoms with van der Waals surface area (Å²) in [6.07, 6.45) is 5.07. The monoisotopic (exact) mass is 314 g/mol. The van der Waals surface area contributed by atoms with Crippen LogP contribution in [0.1, 0.15) is 44.4 Å². The summed E-state index contributed by atoms with van der Waals surface area (Å²) in [6.45, 7) is 6.67. The minimum absolute atomic E-state index is 0.449. The molecule has 4 heteroatoms. The molecule has 1 aromatic heterocycles. The van der Waals surface area contributed by atoms with Crippen LogP contribution in [-0.2, 0) is 0 Å². The number of unbranched alkanes of at least 4 members (excludes halogenated alkanes) is 2. The predicted molar refractivity (Wildman–Crippen MR) is 77.7 cm³/mol. The van der Waals surface area contributed by atoms with Gasteiger partial charge in [0, 0.05) is 26.2 Å². The number of hydrogen-bond donors (Lipinski definition) is 1. The molecule has 0 spiro atoms. The molecular formula is C14H23BrN2O. The highest BCUT2D eigenvalue weighted by molar-refractivity contribution is 9.10. The summed E-state index contributed by atoms with van der Waals surface area (Å²) in [5.41, 5.74) is 0. The highest BCUT2D eigenvalue weighted by Crippen LogP contribution is 2.29. The third kappa shape index (κ3) is 3.84. The first-order valence-electron chi connectivity index (χ1n) is 7.01. The van der Waals surface area contributed by atoms with Gasteiger partial charge in [-0.1, -0.05) is 26.2 Å². The number of piperazine rings is 1. The fourth-order valence-electron chi connectivity index (χ4n) is 2.59. The highest BCUT2D eigenvalue weighted by Gasteiger charge is 2.24. The van der Waals surface area contributed by atoms with Gasteiger partial charge in [0.15, 0.2) is 4.67 Å². The SMILES string of the molecule is CCCCC[C@H](c1ccc(Br)o1)N1CCNCC1. The van der Waals surface area contributed by atoms with Crippen molar-refractivity contribution >= 4 is 15.9 Å². The Kier molecular flexibility index (Phi) is 5.73. The van der Waals surface area contributed by atoms with E-state index in [1.807, 2.05) is 6.07 Å². The van der Waals surface area contributed by atoms with E-state index in [-0.39, 0.29) is 0 Å². The fraction of sp³-hybridized carbons (Fsp3) is 0.714. The van der Waals surface area contributed by atoms with E-state index in [4.69, 9.17) is 4.42 Å². The van der Waals surface area contributed by atoms with Gasteiger partial charge in [-0.3, -0.25) is 4.90 Å². The maximum absolute atomic E-state index is 5.78. The van der Waals surface area contributed by atoms with Crippen molar-refractivity contribution in [2.45, 2.75) is 38.6 Å². The van der Waals surface area contributed by atoms with Crippen LogP contribution in [0.5, 0.6) is 0 Å². The molecule has 0 radical (unpaired) electrons. The van der Waals surface area contributed by atoms with Gasteiger partial charge in [-0.15, -0.1) is 0 Å². The normalized spacial score (nSPS) is 19.0. The van der Waals surface area contributed by atoms with Crippen molar-refractivity contribution in [1.29, 1.82) is 0 Å². The van der Waals surface area contributed by atoms with Gasteiger partial charge in [-0.05, 0) is 34.5 Å². The van der Waals surface area contributed by atoms with Crippen LogP contribution in [0.15, 0.2) is 21.2 Å². The molecule has 18 heavy (non-hydrogen) atoms. The molecule has 3 nitrogen and oxygen atoms in total. The van der Waals surface area contributed by atoms with E-state index in [2.05, 4.69) is 39.1 Å². The second-order valence-corrected chi connectivity index (χ2v) is 5.72. The number of hydrogen-bond acceptors (Lipinski definition) is 3. The molecule has 2 heterocycles. The quantitative estimate of drug-likeness (QED) is 0.814. The van der Waals surface area contributed by atoms with Crippen molar-refractivity contribution in [3.05, 3.63) is 22.6 Å². The van der Waals surface area contributed by atoms with E-state index in [1.165, 1.54) is 25.7 Å². The summed E-state index contributed by atoms with van der Waals surface area (Å²) in [6, 6.07) is 4.57. The van der Waals surface area contributed by atoms with Gasteiger partial charge in [-0.2, -0.15) is 0 Å². The Morgan fingerprint density at radius 2 is 2.11 bits per heavy atom. The third-order valence-corrected chi connectivity index (χ3v) is 4.02. The molecule has 0 aliphatic carbocycles. The molecule has 1 aliphatic rings. The van der Waals surface area contributed by atoms with E-state index in [9.17, 15) is 0 Å². The van der Waals surface area contributed by atoms with Gasteiger partial charge >= 0.3 is 0 Å². The standard InChI is InChI=1S/C14H23BrN2O/c1-2-3-4-5-12(13-6-7-14(15)18-13)17-10-8-16-9-11-17/h6-7,12,16H,2-5,8-11H2,1H3/t12-/m1/s1. The van der Waals surface area contributed by atoms with E-state index < -0.39 is 0 Å². The van der Waals surface area contributed by atoms with Crippen molar-refractivity contribution in [2.75, 3.05) is 26.2 Å². The van der Waals surface area contributed by atoms with Gasteiger partial charge in [0.2, 0.25) is 0 Å². The minimum atomic E-state index is 0.449. The van der Waals surface area contributed by atoms with Crippen molar-refractivity contribution in [1.82, 2.24) is 10.2 Å². The van der Waals surface area contributed by atoms with Crippen molar-refractivity contribution in [3.63, 3.8) is 0 Å². The Morgan fingerprint density at radius 1 is 1.33 bits per heavy atom. The maximum Gasteiger partial charge on any atom is 0.169 e. The second-order valence-electron chi connectivity index (χ2n) is 4.94. The minimum Gasteiger partial charge on any atom is -0.453 e. The Balaban J connectivity index is 2.01. The first-order valence-corrected chi connectivity index (χ1v) is 7.80. The van der Waals surface area contributed by atoms with Gasteiger partial charge in [0.05, 0.1) is 6.04 Å². The maximum atomic E-state index is 5.78. The third-order valence-electron chi connectivity index (χ3n) is 3.60. The van der Waals surface area contributed by atoms with Crippen LogP contribution in [0.2, 0.25) is 0 Å². The molecule has 1 N–H and O–H groups in total. The lowest BCUT2D eigenvalue weighted by Crippen LogP contribution is -2.45. The Hall–Kier alpha value is -0.320.